The molecule has 0 radical (unpaired) electrons. The van der Waals surface area contributed by atoms with Gasteiger partial charge in [-0.1, -0.05) is 41.4 Å². The Balaban J connectivity index is 1.83. The van der Waals surface area contributed by atoms with Crippen LogP contribution in [0.3, 0.4) is 0 Å². The molecule has 0 saturated heterocycles. The number of benzene rings is 3. The fourth-order valence-electron chi connectivity index (χ4n) is 4.07. The maximum atomic E-state index is 13.3. The number of carbonyl (C=O) groups is 3. The summed E-state index contributed by atoms with van der Waals surface area (Å²) in [5.74, 6) is 14.0. The standard InChI is InChI=1S/C32H22N2O4/c1-4-6-7-8-12-15-28(33-38-22(3)35)32(37)25-17-19-30-27(21-25)26-20-24(16-18-29(26)34(30)5-2)31(36)23-13-10-9-11-14-23/h9-11,13-14,16-21H,5H2,1-3H3. The molecule has 0 unspecified atom stereocenters. The smallest absolute Gasteiger partial charge is 0.332 e. The second-order valence-electron chi connectivity index (χ2n) is 8.13. The predicted molar refractivity (Wildman–Crippen MR) is 148 cm³/mol. The first-order valence-electron chi connectivity index (χ1n) is 11.8. The molecule has 184 valence electrons. The first-order chi connectivity index (χ1) is 18.4. The van der Waals surface area contributed by atoms with Crippen molar-refractivity contribution in [2.75, 3.05) is 0 Å². The Bertz CT molecular complexity index is 1810. The Labute approximate surface area is 220 Å². The number of fused-ring (bicyclic) bond motifs is 3. The molecule has 38 heavy (non-hydrogen) atoms. The van der Waals surface area contributed by atoms with Gasteiger partial charge in [-0.15, -0.1) is 0 Å². The first-order valence-corrected chi connectivity index (χ1v) is 11.8. The summed E-state index contributed by atoms with van der Waals surface area (Å²) in [4.78, 5) is 42.4. The van der Waals surface area contributed by atoms with Gasteiger partial charge >= 0.3 is 5.97 Å². The van der Waals surface area contributed by atoms with Crippen molar-refractivity contribution in [1.82, 2.24) is 4.57 Å². The summed E-state index contributed by atoms with van der Waals surface area (Å²) in [5.41, 5.74) is 3.04. The average molecular weight is 499 g/mol. The van der Waals surface area contributed by atoms with Gasteiger partial charge in [-0.25, -0.2) is 4.79 Å². The number of Topliss-reactive ketones (excluding diaryl/α,β-unsaturated/α-hetero) is 1. The molecule has 3 aromatic carbocycles. The zero-order chi connectivity index (χ0) is 27.1. The summed E-state index contributed by atoms with van der Waals surface area (Å²) < 4.78 is 2.12. The van der Waals surface area contributed by atoms with Crippen molar-refractivity contribution in [2.45, 2.75) is 27.3 Å². The van der Waals surface area contributed by atoms with Crippen LogP contribution in [0.25, 0.3) is 21.8 Å². The number of hydrogen-bond donors (Lipinski definition) is 0. The van der Waals surface area contributed by atoms with Crippen LogP contribution < -0.4 is 0 Å². The lowest BCUT2D eigenvalue weighted by Gasteiger charge is -2.04. The predicted octanol–water partition coefficient (Wildman–Crippen LogP) is 5.18. The molecular weight excluding hydrogens is 476 g/mol. The average Bonchev–Trinajstić information content (AvgIpc) is 3.26. The van der Waals surface area contributed by atoms with Gasteiger partial charge in [-0.3, -0.25) is 9.59 Å². The molecule has 0 aliphatic rings. The third-order valence-corrected chi connectivity index (χ3v) is 5.72. The van der Waals surface area contributed by atoms with E-state index in [0.717, 1.165) is 21.8 Å². The lowest BCUT2D eigenvalue weighted by Crippen LogP contribution is -2.14. The van der Waals surface area contributed by atoms with E-state index in [1.165, 1.54) is 6.92 Å². The van der Waals surface area contributed by atoms with E-state index in [4.69, 9.17) is 4.84 Å². The molecule has 4 rings (SSSR count). The van der Waals surface area contributed by atoms with Crippen LogP contribution in [0, 0.1) is 35.5 Å². The van der Waals surface area contributed by atoms with Gasteiger partial charge in [0.05, 0.1) is 0 Å². The fourth-order valence-corrected chi connectivity index (χ4v) is 4.07. The Morgan fingerprint density at radius 3 is 2.08 bits per heavy atom. The molecule has 0 fully saturated rings. The second kappa shape index (κ2) is 11.6. The zero-order valence-electron chi connectivity index (χ0n) is 21.1. The van der Waals surface area contributed by atoms with E-state index in [1.54, 1.807) is 31.2 Å². The molecule has 0 amide bonds. The van der Waals surface area contributed by atoms with E-state index in [-0.39, 0.29) is 11.5 Å². The number of aryl methyl sites for hydroxylation is 1. The van der Waals surface area contributed by atoms with Crippen molar-refractivity contribution < 1.29 is 19.2 Å². The van der Waals surface area contributed by atoms with Gasteiger partial charge in [0.15, 0.2) is 5.78 Å². The third-order valence-electron chi connectivity index (χ3n) is 5.72. The maximum Gasteiger partial charge on any atom is 0.332 e. The second-order valence-corrected chi connectivity index (χ2v) is 8.13. The molecule has 1 aromatic heterocycles. The van der Waals surface area contributed by atoms with Gasteiger partial charge in [-0.05, 0) is 79.8 Å². The fraction of sp³-hybridized carbons (Fsp3) is 0.125. The zero-order valence-corrected chi connectivity index (χ0v) is 21.1. The minimum absolute atomic E-state index is 0.0860. The van der Waals surface area contributed by atoms with Gasteiger partial charge in [0.25, 0.3) is 0 Å². The molecule has 4 aromatic rings. The van der Waals surface area contributed by atoms with Crippen LogP contribution >= 0.6 is 0 Å². The van der Waals surface area contributed by atoms with Crippen molar-refractivity contribution in [3.05, 3.63) is 83.4 Å². The van der Waals surface area contributed by atoms with E-state index >= 15 is 0 Å². The maximum absolute atomic E-state index is 13.3. The number of carbonyl (C=O) groups excluding carboxylic acids is 3. The van der Waals surface area contributed by atoms with Crippen molar-refractivity contribution in [3.8, 4) is 35.5 Å². The SMILES string of the molecule is CC#CC#CC#CC(=NOC(C)=O)C(=O)c1ccc2c(c1)c1cc(C(=O)c3ccccc3)ccc1n2CC. The highest BCUT2D eigenvalue weighted by Gasteiger charge is 2.18. The number of aromatic nitrogens is 1. The Hall–Kier alpha value is -5.38. The molecule has 6 nitrogen and oxygen atoms in total. The van der Waals surface area contributed by atoms with Gasteiger partial charge < -0.3 is 9.40 Å². The van der Waals surface area contributed by atoms with Crippen LogP contribution in [0.1, 0.15) is 47.1 Å². The van der Waals surface area contributed by atoms with Gasteiger partial charge in [-0.2, -0.15) is 0 Å². The molecule has 0 aliphatic heterocycles. The van der Waals surface area contributed by atoms with Crippen molar-refractivity contribution in [1.29, 1.82) is 0 Å². The van der Waals surface area contributed by atoms with Crippen molar-refractivity contribution >= 4 is 45.1 Å². The van der Waals surface area contributed by atoms with Crippen molar-refractivity contribution in [2.24, 2.45) is 5.16 Å². The number of oxime groups is 1. The van der Waals surface area contributed by atoms with E-state index in [1.807, 2.05) is 49.4 Å². The monoisotopic (exact) mass is 498 g/mol. The molecular formula is C32H22N2O4. The van der Waals surface area contributed by atoms with Crippen LogP contribution in [-0.4, -0.2) is 27.8 Å². The van der Waals surface area contributed by atoms with Gasteiger partial charge in [0.2, 0.25) is 11.5 Å². The highest BCUT2D eigenvalue weighted by Crippen LogP contribution is 2.31. The minimum atomic E-state index is -0.683. The minimum Gasteiger partial charge on any atom is -0.341 e. The molecule has 0 bridgehead atoms. The lowest BCUT2D eigenvalue weighted by molar-refractivity contribution is -0.140. The van der Waals surface area contributed by atoms with E-state index in [2.05, 4.69) is 45.2 Å². The topological polar surface area (TPSA) is 77.7 Å². The normalized spacial score (nSPS) is 10.4. The Kier molecular flexibility index (Phi) is 7.83. The molecule has 0 N–H and O–H groups in total. The molecule has 0 atom stereocenters. The third kappa shape index (κ3) is 5.39. The molecule has 0 aliphatic carbocycles. The Morgan fingerprint density at radius 2 is 1.45 bits per heavy atom. The highest BCUT2D eigenvalue weighted by atomic mass is 16.7. The van der Waals surface area contributed by atoms with E-state index in [0.29, 0.717) is 23.2 Å². The van der Waals surface area contributed by atoms with Crippen LogP contribution in [0.2, 0.25) is 0 Å². The molecule has 0 saturated carbocycles. The van der Waals surface area contributed by atoms with Crippen LogP contribution in [0.5, 0.6) is 0 Å². The van der Waals surface area contributed by atoms with E-state index in [9.17, 15) is 14.4 Å². The summed E-state index contributed by atoms with van der Waals surface area (Å²) in [6, 6.07) is 19.9. The number of hydrogen-bond acceptors (Lipinski definition) is 5. The largest absolute Gasteiger partial charge is 0.341 e. The summed E-state index contributed by atoms with van der Waals surface area (Å²) in [5, 5.41) is 5.28. The lowest BCUT2D eigenvalue weighted by atomic mass is 10.00. The van der Waals surface area contributed by atoms with E-state index < -0.39 is 11.8 Å². The quantitative estimate of drug-likeness (QED) is 0.121. The van der Waals surface area contributed by atoms with Crippen LogP contribution in [0.4, 0.5) is 0 Å². The molecule has 6 heteroatoms. The highest BCUT2D eigenvalue weighted by molar-refractivity contribution is 6.52. The van der Waals surface area contributed by atoms with Crippen LogP contribution in [-0.2, 0) is 16.2 Å². The number of nitrogens with zero attached hydrogens (tertiary/aromatic N) is 2. The summed E-state index contributed by atoms with van der Waals surface area (Å²) >= 11 is 0. The summed E-state index contributed by atoms with van der Waals surface area (Å²) in [6.07, 6.45) is 0. The van der Waals surface area contributed by atoms with Crippen LogP contribution in [0.15, 0.2) is 71.9 Å². The van der Waals surface area contributed by atoms with Gasteiger partial charge in [0.1, 0.15) is 0 Å². The number of ketones is 2. The van der Waals surface area contributed by atoms with Crippen molar-refractivity contribution in [3.63, 3.8) is 0 Å². The summed E-state index contributed by atoms with van der Waals surface area (Å²) in [6.45, 7) is 5.55. The number of rotatable bonds is 6. The first kappa shape index (κ1) is 25.7. The molecule has 0 spiro atoms. The molecule has 1 heterocycles. The van der Waals surface area contributed by atoms with Gasteiger partial charge in [0, 0.05) is 52.0 Å². The summed E-state index contributed by atoms with van der Waals surface area (Å²) in [7, 11) is 0. The Morgan fingerprint density at radius 1 is 0.816 bits per heavy atom.